The molecule has 0 unspecified atom stereocenters. The number of anilines is 1. The summed E-state index contributed by atoms with van der Waals surface area (Å²) in [6, 6.07) is 2.22. The highest BCUT2D eigenvalue weighted by Crippen LogP contribution is 2.25. The fourth-order valence-corrected chi connectivity index (χ4v) is 2.88. The third-order valence-corrected chi connectivity index (χ3v) is 4.26. The van der Waals surface area contributed by atoms with Crippen molar-refractivity contribution in [1.29, 1.82) is 5.26 Å². The maximum absolute atomic E-state index is 9.03. The summed E-state index contributed by atoms with van der Waals surface area (Å²) in [5.41, 5.74) is 1.55. The van der Waals surface area contributed by atoms with E-state index in [9.17, 15) is 0 Å². The summed E-state index contributed by atoms with van der Waals surface area (Å²) in [4.78, 5) is 2.37. The second-order valence-corrected chi connectivity index (χ2v) is 5.48. The van der Waals surface area contributed by atoms with Gasteiger partial charge in [0.15, 0.2) is 0 Å². The van der Waals surface area contributed by atoms with Gasteiger partial charge in [-0.3, -0.25) is 0 Å². The van der Waals surface area contributed by atoms with Crippen molar-refractivity contribution < 1.29 is 0 Å². The average Bonchev–Trinajstić information content (AvgIpc) is 2.69. The molecule has 4 nitrogen and oxygen atoms in total. The predicted octanol–water partition coefficient (Wildman–Crippen LogP) is 2.08. The molecule has 0 bridgehead atoms. The molecule has 0 radical (unpaired) electrons. The Morgan fingerprint density at radius 3 is 2.88 bits per heavy atom. The van der Waals surface area contributed by atoms with Gasteiger partial charge in [0, 0.05) is 6.54 Å². The zero-order chi connectivity index (χ0) is 12.3. The molecule has 1 aromatic heterocycles. The second-order valence-electron chi connectivity index (χ2n) is 4.71. The molecule has 0 atom stereocenters. The maximum Gasteiger partial charge on any atom is 0.127 e. The van der Waals surface area contributed by atoms with E-state index in [4.69, 9.17) is 5.26 Å². The summed E-state index contributed by atoms with van der Waals surface area (Å²) in [6.45, 7) is 5.21. The summed E-state index contributed by atoms with van der Waals surface area (Å²) < 4.78 is 4.21. The Kier molecular flexibility index (Phi) is 3.97. The lowest BCUT2D eigenvalue weighted by atomic mass is 9.97. The highest BCUT2D eigenvalue weighted by atomic mass is 32.1. The van der Waals surface area contributed by atoms with Crippen LogP contribution in [0.15, 0.2) is 0 Å². The van der Waals surface area contributed by atoms with Gasteiger partial charge in [-0.2, -0.15) is 9.64 Å². The number of likely N-dealkylation sites (tertiary alicyclic amines) is 1. The van der Waals surface area contributed by atoms with E-state index in [0.29, 0.717) is 5.56 Å². The van der Waals surface area contributed by atoms with E-state index in [1.165, 1.54) is 37.5 Å². The molecular formula is C12H18N4S. The number of nitriles is 1. The van der Waals surface area contributed by atoms with Crippen LogP contribution < -0.4 is 5.32 Å². The van der Waals surface area contributed by atoms with Crippen LogP contribution in [0.5, 0.6) is 0 Å². The van der Waals surface area contributed by atoms with Crippen LogP contribution in [-0.2, 0) is 0 Å². The zero-order valence-corrected chi connectivity index (χ0v) is 11.2. The van der Waals surface area contributed by atoms with Crippen LogP contribution in [0.2, 0.25) is 0 Å². The number of aryl methyl sites for hydroxylation is 1. The molecule has 5 heteroatoms. The van der Waals surface area contributed by atoms with Crippen LogP contribution in [0.4, 0.5) is 5.00 Å². The predicted molar refractivity (Wildman–Crippen MR) is 70.3 cm³/mol. The molecule has 92 valence electrons. The Morgan fingerprint density at radius 1 is 1.53 bits per heavy atom. The van der Waals surface area contributed by atoms with Crippen molar-refractivity contribution in [3.05, 3.63) is 11.3 Å². The third kappa shape index (κ3) is 2.96. The zero-order valence-electron chi connectivity index (χ0n) is 10.4. The van der Waals surface area contributed by atoms with Crippen molar-refractivity contribution in [1.82, 2.24) is 9.27 Å². The van der Waals surface area contributed by atoms with Crippen molar-refractivity contribution in [3.8, 4) is 6.07 Å². The van der Waals surface area contributed by atoms with Crippen LogP contribution in [0.3, 0.4) is 0 Å². The Labute approximate surface area is 106 Å². The molecule has 0 aliphatic carbocycles. The molecule has 2 rings (SSSR count). The van der Waals surface area contributed by atoms with Gasteiger partial charge in [-0.05, 0) is 57.4 Å². The minimum Gasteiger partial charge on any atom is -0.374 e. The van der Waals surface area contributed by atoms with Gasteiger partial charge >= 0.3 is 0 Å². The minimum atomic E-state index is 0.711. The van der Waals surface area contributed by atoms with Crippen LogP contribution in [0, 0.1) is 24.2 Å². The van der Waals surface area contributed by atoms with Gasteiger partial charge in [0.05, 0.1) is 5.69 Å². The van der Waals surface area contributed by atoms with Crippen molar-refractivity contribution in [2.45, 2.75) is 19.8 Å². The van der Waals surface area contributed by atoms with Gasteiger partial charge in [-0.1, -0.05) is 0 Å². The Balaban J connectivity index is 1.88. The molecule has 1 aliphatic heterocycles. The summed E-state index contributed by atoms with van der Waals surface area (Å²) in [6.07, 6.45) is 2.48. The van der Waals surface area contributed by atoms with E-state index in [-0.39, 0.29) is 0 Å². The normalized spacial score (nSPS) is 17.9. The fraction of sp³-hybridized carbons (Fsp3) is 0.667. The summed E-state index contributed by atoms with van der Waals surface area (Å²) >= 11 is 1.40. The SMILES string of the molecule is Cc1nsc(NCC2CCN(C)CC2)c1C#N. The van der Waals surface area contributed by atoms with Gasteiger partial charge in [0.25, 0.3) is 0 Å². The lowest BCUT2D eigenvalue weighted by Crippen LogP contribution is -2.32. The van der Waals surface area contributed by atoms with Gasteiger partial charge < -0.3 is 10.2 Å². The Hall–Kier alpha value is -1.12. The first kappa shape index (κ1) is 12.3. The van der Waals surface area contributed by atoms with E-state index in [1.54, 1.807) is 0 Å². The van der Waals surface area contributed by atoms with E-state index in [2.05, 4.69) is 27.7 Å². The molecule has 0 saturated carbocycles. The number of nitrogens with zero attached hydrogens (tertiary/aromatic N) is 3. The van der Waals surface area contributed by atoms with E-state index in [1.807, 2.05) is 6.92 Å². The topological polar surface area (TPSA) is 52.0 Å². The van der Waals surface area contributed by atoms with Gasteiger partial charge in [0.1, 0.15) is 16.6 Å². The number of piperidine rings is 1. The summed E-state index contributed by atoms with van der Waals surface area (Å²) in [5.74, 6) is 0.722. The smallest absolute Gasteiger partial charge is 0.127 e. The highest BCUT2D eigenvalue weighted by molar-refractivity contribution is 7.10. The lowest BCUT2D eigenvalue weighted by molar-refractivity contribution is 0.226. The van der Waals surface area contributed by atoms with Gasteiger partial charge in [-0.25, -0.2) is 0 Å². The molecule has 1 aliphatic rings. The fourth-order valence-electron chi connectivity index (χ4n) is 2.13. The molecule has 1 N–H and O–H groups in total. The molecule has 1 saturated heterocycles. The number of aromatic nitrogens is 1. The third-order valence-electron chi connectivity index (χ3n) is 3.36. The number of rotatable bonds is 3. The van der Waals surface area contributed by atoms with Crippen molar-refractivity contribution in [2.75, 3.05) is 32.0 Å². The molecule has 1 aromatic rings. The molecule has 17 heavy (non-hydrogen) atoms. The number of hydrogen-bond donors (Lipinski definition) is 1. The first-order valence-corrected chi connectivity index (χ1v) is 6.77. The first-order valence-electron chi connectivity index (χ1n) is 5.99. The summed E-state index contributed by atoms with van der Waals surface area (Å²) in [5, 5.41) is 13.3. The molecular weight excluding hydrogens is 232 g/mol. The average molecular weight is 250 g/mol. The monoisotopic (exact) mass is 250 g/mol. The van der Waals surface area contributed by atoms with E-state index in [0.717, 1.165) is 23.2 Å². The minimum absolute atomic E-state index is 0.711. The maximum atomic E-state index is 9.03. The Morgan fingerprint density at radius 2 is 2.24 bits per heavy atom. The molecule has 0 aromatic carbocycles. The van der Waals surface area contributed by atoms with Crippen LogP contribution >= 0.6 is 11.5 Å². The molecule has 0 amide bonds. The standard InChI is InChI=1S/C12H18N4S/c1-9-11(7-13)12(17-15-9)14-8-10-3-5-16(2)6-4-10/h10,14H,3-6,8H2,1-2H3. The molecule has 0 spiro atoms. The first-order chi connectivity index (χ1) is 8.20. The van der Waals surface area contributed by atoms with Crippen molar-refractivity contribution in [3.63, 3.8) is 0 Å². The van der Waals surface area contributed by atoms with Crippen LogP contribution in [0.25, 0.3) is 0 Å². The van der Waals surface area contributed by atoms with Gasteiger partial charge in [0.2, 0.25) is 0 Å². The van der Waals surface area contributed by atoms with E-state index < -0.39 is 0 Å². The molecule has 2 heterocycles. The van der Waals surface area contributed by atoms with Crippen molar-refractivity contribution >= 4 is 16.5 Å². The van der Waals surface area contributed by atoms with Crippen LogP contribution in [0.1, 0.15) is 24.1 Å². The second kappa shape index (κ2) is 5.48. The highest BCUT2D eigenvalue weighted by Gasteiger charge is 2.17. The number of hydrogen-bond acceptors (Lipinski definition) is 5. The van der Waals surface area contributed by atoms with Crippen molar-refractivity contribution in [2.24, 2.45) is 5.92 Å². The largest absolute Gasteiger partial charge is 0.374 e. The Bertz CT molecular complexity index is 413. The number of nitrogens with one attached hydrogen (secondary N) is 1. The van der Waals surface area contributed by atoms with Crippen LogP contribution in [-0.4, -0.2) is 36.0 Å². The quantitative estimate of drug-likeness (QED) is 0.892. The van der Waals surface area contributed by atoms with Gasteiger partial charge in [-0.15, -0.1) is 0 Å². The summed E-state index contributed by atoms with van der Waals surface area (Å²) in [7, 11) is 2.17. The van der Waals surface area contributed by atoms with E-state index >= 15 is 0 Å². The molecule has 1 fully saturated rings. The lowest BCUT2D eigenvalue weighted by Gasteiger charge is -2.28.